The first-order chi connectivity index (χ1) is 7.88. The zero-order valence-corrected chi connectivity index (χ0v) is 9.99. The summed E-state index contributed by atoms with van der Waals surface area (Å²) in [4.78, 5) is 0. The lowest BCUT2D eigenvalue weighted by molar-refractivity contribution is 0.557. The molecule has 92 valence electrons. The molecule has 0 fully saturated rings. The van der Waals surface area contributed by atoms with Crippen LogP contribution in [0.15, 0.2) is 22.8 Å². The molecular formula is C10H7ClF2O3S. The van der Waals surface area contributed by atoms with Gasteiger partial charge < -0.3 is 4.42 Å². The molecule has 0 N–H and O–H groups in total. The number of halogens is 3. The second-order valence-electron chi connectivity index (χ2n) is 3.48. The number of rotatable bonds is 3. The van der Waals surface area contributed by atoms with E-state index in [-0.39, 0.29) is 23.0 Å². The lowest BCUT2D eigenvalue weighted by Gasteiger charge is -2.04. The first kappa shape index (κ1) is 12.3. The Balaban J connectivity index is 2.46. The zero-order valence-electron chi connectivity index (χ0n) is 8.41. The third kappa shape index (κ3) is 2.58. The number of benzene rings is 1. The van der Waals surface area contributed by atoms with Crippen molar-refractivity contribution in [1.29, 1.82) is 0 Å². The van der Waals surface area contributed by atoms with Gasteiger partial charge in [0.25, 0.3) is 0 Å². The fraction of sp³-hybridized carbons (Fsp3) is 0.200. The van der Waals surface area contributed by atoms with Crippen LogP contribution in [0.25, 0.3) is 11.0 Å². The Kier molecular flexibility index (Phi) is 3.09. The van der Waals surface area contributed by atoms with E-state index in [0.717, 1.165) is 6.07 Å². The molecule has 2 rings (SSSR count). The molecule has 17 heavy (non-hydrogen) atoms. The maximum absolute atomic E-state index is 13.8. The highest BCUT2D eigenvalue weighted by molar-refractivity contribution is 8.13. The molecule has 0 atom stereocenters. The topological polar surface area (TPSA) is 47.3 Å². The minimum atomic E-state index is -3.78. The van der Waals surface area contributed by atoms with Crippen molar-refractivity contribution in [3.05, 3.63) is 35.6 Å². The first-order valence-corrected chi connectivity index (χ1v) is 7.13. The van der Waals surface area contributed by atoms with E-state index in [9.17, 15) is 17.2 Å². The van der Waals surface area contributed by atoms with Crippen LogP contribution in [-0.2, 0) is 15.5 Å². The molecule has 0 unspecified atom stereocenters. The average Bonchev–Trinajstić information content (AvgIpc) is 2.63. The lowest BCUT2D eigenvalue weighted by Crippen LogP contribution is -2.05. The molecule has 2 aromatic rings. The summed E-state index contributed by atoms with van der Waals surface area (Å²) < 4.78 is 53.6. The van der Waals surface area contributed by atoms with Crippen molar-refractivity contribution < 1.29 is 21.6 Å². The van der Waals surface area contributed by atoms with E-state index in [4.69, 9.17) is 15.1 Å². The van der Waals surface area contributed by atoms with Gasteiger partial charge >= 0.3 is 0 Å². The third-order valence-electron chi connectivity index (χ3n) is 2.34. The Bertz CT molecular complexity index is 663. The zero-order chi connectivity index (χ0) is 12.6. The Morgan fingerprint density at radius 3 is 2.71 bits per heavy atom. The Morgan fingerprint density at radius 2 is 2.06 bits per heavy atom. The summed E-state index contributed by atoms with van der Waals surface area (Å²) in [6.45, 7) is 0. The van der Waals surface area contributed by atoms with Crippen LogP contribution in [-0.4, -0.2) is 14.2 Å². The smallest absolute Gasteiger partial charge is 0.232 e. The molecule has 3 nitrogen and oxygen atoms in total. The van der Waals surface area contributed by atoms with Gasteiger partial charge in [-0.05, 0) is 12.5 Å². The van der Waals surface area contributed by atoms with Crippen LogP contribution in [0.5, 0.6) is 0 Å². The summed E-state index contributed by atoms with van der Waals surface area (Å²) in [5, 5.41) is 0.119. The van der Waals surface area contributed by atoms with Crippen molar-refractivity contribution in [1.82, 2.24) is 0 Å². The van der Waals surface area contributed by atoms with Crippen molar-refractivity contribution in [2.45, 2.75) is 6.42 Å². The molecule has 0 bridgehead atoms. The second-order valence-corrected chi connectivity index (χ2v) is 6.37. The SMILES string of the molecule is O=S(=O)(Cl)CCc1c(F)cc2occc2c1F. The Labute approximate surface area is 100 Å². The molecule has 0 amide bonds. The molecule has 1 aromatic carbocycles. The number of hydrogen-bond donors (Lipinski definition) is 0. The number of hydrogen-bond acceptors (Lipinski definition) is 3. The summed E-state index contributed by atoms with van der Waals surface area (Å²) in [7, 11) is 1.21. The van der Waals surface area contributed by atoms with Gasteiger partial charge in [0.2, 0.25) is 9.05 Å². The minimum absolute atomic E-state index is 0.0810. The highest BCUT2D eigenvalue weighted by atomic mass is 35.7. The van der Waals surface area contributed by atoms with Crippen LogP contribution < -0.4 is 0 Å². The minimum Gasteiger partial charge on any atom is -0.464 e. The van der Waals surface area contributed by atoms with Gasteiger partial charge in [0, 0.05) is 22.3 Å². The fourth-order valence-electron chi connectivity index (χ4n) is 1.54. The molecule has 0 saturated heterocycles. The van der Waals surface area contributed by atoms with Crippen LogP contribution in [0.2, 0.25) is 0 Å². The van der Waals surface area contributed by atoms with Gasteiger partial charge in [0.05, 0.1) is 17.4 Å². The highest BCUT2D eigenvalue weighted by Gasteiger charge is 2.17. The summed E-state index contributed by atoms with van der Waals surface area (Å²) in [5.74, 6) is -2.18. The molecule has 0 saturated carbocycles. The van der Waals surface area contributed by atoms with Gasteiger partial charge in [-0.1, -0.05) is 0 Å². The van der Waals surface area contributed by atoms with Gasteiger partial charge in [-0.25, -0.2) is 17.2 Å². The normalized spacial score (nSPS) is 12.2. The average molecular weight is 281 g/mol. The molecule has 7 heteroatoms. The molecule has 0 radical (unpaired) electrons. The lowest BCUT2D eigenvalue weighted by atomic mass is 10.1. The maximum Gasteiger partial charge on any atom is 0.232 e. The molecule has 0 aliphatic carbocycles. The number of fused-ring (bicyclic) bond motifs is 1. The van der Waals surface area contributed by atoms with Crippen molar-refractivity contribution in [3.63, 3.8) is 0 Å². The quantitative estimate of drug-likeness (QED) is 0.812. The van der Waals surface area contributed by atoms with Gasteiger partial charge in [-0.3, -0.25) is 0 Å². The molecule has 0 aliphatic heterocycles. The third-order valence-corrected chi connectivity index (χ3v) is 3.49. The van der Waals surface area contributed by atoms with Crippen LogP contribution in [0.3, 0.4) is 0 Å². The van der Waals surface area contributed by atoms with E-state index >= 15 is 0 Å². The summed E-state index contributed by atoms with van der Waals surface area (Å²) in [6.07, 6.45) is 0.917. The largest absolute Gasteiger partial charge is 0.464 e. The van der Waals surface area contributed by atoms with E-state index in [1.54, 1.807) is 0 Å². The van der Waals surface area contributed by atoms with Crippen molar-refractivity contribution in [2.24, 2.45) is 0 Å². The summed E-state index contributed by atoms with van der Waals surface area (Å²) in [5.41, 5.74) is -0.222. The van der Waals surface area contributed by atoms with Gasteiger partial charge in [0.1, 0.15) is 17.2 Å². The Hall–Kier alpha value is -1.14. The van der Waals surface area contributed by atoms with Crippen LogP contribution in [0.1, 0.15) is 5.56 Å². The van der Waals surface area contributed by atoms with Crippen LogP contribution in [0, 0.1) is 11.6 Å². The maximum atomic E-state index is 13.8. The molecular weight excluding hydrogens is 274 g/mol. The highest BCUT2D eigenvalue weighted by Crippen LogP contribution is 2.25. The molecule has 1 heterocycles. The molecule has 0 aliphatic rings. The predicted molar refractivity (Wildman–Crippen MR) is 59.5 cm³/mol. The van der Waals surface area contributed by atoms with Crippen molar-refractivity contribution in [3.8, 4) is 0 Å². The summed E-state index contributed by atoms with van der Waals surface area (Å²) in [6, 6.07) is 2.37. The van der Waals surface area contributed by atoms with E-state index in [1.165, 1.54) is 12.3 Å². The predicted octanol–water partition coefficient (Wildman–Crippen LogP) is 2.82. The van der Waals surface area contributed by atoms with Gasteiger partial charge in [0.15, 0.2) is 0 Å². The standard InChI is InChI=1S/C10H7ClF2O3S/c11-17(14,15)4-2-6-8(12)5-9-7(10(6)13)1-3-16-9/h1,3,5H,2,4H2. The molecule has 1 aromatic heterocycles. The summed E-state index contributed by atoms with van der Waals surface area (Å²) >= 11 is 0. The molecule has 0 spiro atoms. The van der Waals surface area contributed by atoms with Crippen molar-refractivity contribution >= 4 is 30.7 Å². The van der Waals surface area contributed by atoms with Crippen molar-refractivity contribution in [2.75, 3.05) is 5.75 Å². The second kappa shape index (κ2) is 4.27. The van der Waals surface area contributed by atoms with E-state index in [2.05, 4.69) is 0 Å². The fourth-order valence-corrected chi connectivity index (χ4v) is 2.22. The monoisotopic (exact) mass is 280 g/mol. The van der Waals surface area contributed by atoms with E-state index in [0.29, 0.717) is 0 Å². The number of furan rings is 1. The Morgan fingerprint density at radius 1 is 1.35 bits per heavy atom. The van der Waals surface area contributed by atoms with E-state index < -0.39 is 26.4 Å². The van der Waals surface area contributed by atoms with Gasteiger partial charge in [-0.2, -0.15) is 0 Å². The van der Waals surface area contributed by atoms with Crippen LogP contribution in [0.4, 0.5) is 8.78 Å². The van der Waals surface area contributed by atoms with Gasteiger partial charge in [-0.15, -0.1) is 0 Å². The van der Waals surface area contributed by atoms with E-state index in [1.807, 2.05) is 0 Å². The first-order valence-electron chi connectivity index (χ1n) is 4.65. The van der Waals surface area contributed by atoms with Crippen LogP contribution >= 0.6 is 10.7 Å².